The minimum Gasteiger partial charge on any atom is -0.518 e. The van der Waals surface area contributed by atoms with Gasteiger partial charge in [-0.15, -0.1) is 0 Å². The third kappa shape index (κ3) is 7.17. The zero-order valence-electron chi connectivity index (χ0n) is 18.9. The van der Waals surface area contributed by atoms with Crippen LogP contribution >= 0.6 is 11.6 Å². The largest absolute Gasteiger partial charge is 0.518 e. The molecule has 2 aromatic carbocycles. The van der Waals surface area contributed by atoms with Crippen molar-refractivity contribution >= 4 is 31.8 Å². The molecule has 1 unspecified atom stereocenters. The molecule has 0 bridgehead atoms. The van der Waals surface area contributed by atoms with Gasteiger partial charge in [0, 0.05) is 31.2 Å². The lowest BCUT2D eigenvalue weighted by Gasteiger charge is -2.39. The Labute approximate surface area is 196 Å². The molecule has 1 heterocycles. The molecule has 1 aliphatic rings. The average Bonchev–Trinajstić information content (AvgIpc) is 2.75. The fourth-order valence-electron chi connectivity index (χ4n) is 3.81. The van der Waals surface area contributed by atoms with Crippen LogP contribution in [0.1, 0.15) is 17.2 Å². The molecule has 0 N–H and O–H groups in total. The van der Waals surface area contributed by atoms with Gasteiger partial charge in [0.1, 0.15) is 13.2 Å². The van der Waals surface area contributed by atoms with Gasteiger partial charge in [0.15, 0.2) is 0 Å². The first-order valence-electron chi connectivity index (χ1n) is 10.8. The van der Waals surface area contributed by atoms with Crippen LogP contribution in [0.4, 0.5) is 0 Å². The summed E-state index contributed by atoms with van der Waals surface area (Å²) in [5, 5.41) is 0.713. The number of halogens is 1. The lowest BCUT2D eigenvalue weighted by molar-refractivity contribution is -0.145. The highest BCUT2D eigenvalue weighted by molar-refractivity contribution is 6.71. The van der Waals surface area contributed by atoms with Crippen molar-refractivity contribution in [2.45, 2.75) is 25.7 Å². The summed E-state index contributed by atoms with van der Waals surface area (Å²) in [6.45, 7) is 8.20. The van der Waals surface area contributed by atoms with Crippen LogP contribution in [0.2, 0.25) is 24.7 Å². The molecule has 3 rings (SSSR count). The molecule has 0 aliphatic carbocycles. The quantitative estimate of drug-likeness (QED) is 0.542. The van der Waals surface area contributed by atoms with Gasteiger partial charge in [0.2, 0.25) is 14.2 Å². The van der Waals surface area contributed by atoms with Crippen LogP contribution in [0.25, 0.3) is 0 Å². The van der Waals surface area contributed by atoms with E-state index in [0.29, 0.717) is 18.1 Å². The zero-order valence-corrected chi connectivity index (χ0v) is 20.7. The molecule has 32 heavy (non-hydrogen) atoms. The predicted molar refractivity (Wildman–Crippen MR) is 128 cm³/mol. The predicted octanol–water partition coefficient (Wildman–Crippen LogP) is 3.97. The van der Waals surface area contributed by atoms with Crippen LogP contribution in [0.5, 0.6) is 0 Å². The SMILES string of the molecule is C[Si](C)(C)OC(=O)COCC(=O)N1CCN(C(c2ccccc2)c2ccc(Cl)cc2)CC1. The number of benzene rings is 2. The molecular formula is C24H31ClN2O4Si. The first kappa shape index (κ1) is 24.4. The molecular weight excluding hydrogens is 444 g/mol. The first-order valence-corrected chi connectivity index (χ1v) is 14.6. The van der Waals surface area contributed by atoms with Crippen LogP contribution < -0.4 is 0 Å². The van der Waals surface area contributed by atoms with Crippen LogP contribution in [0, 0.1) is 0 Å². The van der Waals surface area contributed by atoms with Crippen LogP contribution in [0.3, 0.4) is 0 Å². The minimum atomic E-state index is -1.95. The summed E-state index contributed by atoms with van der Waals surface area (Å²) in [5.74, 6) is -0.510. The van der Waals surface area contributed by atoms with Crippen molar-refractivity contribution in [2.24, 2.45) is 0 Å². The standard InChI is InChI=1S/C24H31ClN2O4Si/c1-32(2,3)31-23(29)18-30-17-22(28)26-13-15-27(16-14-26)24(19-7-5-4-6-8-19)20-9-11-21(25)12-10-20/h4-12,24H,13-18H2,1-3H3. The highest BCUT2D eigenvalue weighted by Gasteiger charge is 2.28. The Hall–Kier alpha value is -2.19. The number of carbonyl (C=O) groups is 2. The zero-order chi connectivity index (χ0) is 23.1. The number of amides is 1. The maximum absolute atomic E-state index is 12.5. The van der Waals surface area contributed by atoms with E-state index in [1.165, 1.54) is 11.1 Å². The topological polar surface area (TPSA) is 59.1 Å². The van der Waals surface area contributed by atoms with E-state index in [0.717, 1.165) is 13.1 Å². The molecule has 8 heteroatoms. The highest BCUT2D eigenvalue weighted by Crippen LogP contribution is 2.30. The van der Waals surface area contributed by atoms with Crippen LogP contribution in [-0.2, 0) is 18.8 Å². The van der Waals surface area contributed by atoms with Crippen LogP contribution in [0.15, 0.2) is 54.6 Å². The molecule has 0 aromatic heterocycles. The smallest absolute Gasteiger partial charge is 0.318 e. The Bertz CT molecular complexity index is 894. The van der Waals surface area contributed by atoms with E-state index in [4.69, 9.17) is 20.8 Å². The van der Waals surface area contributed by atoms with E-state index >= 15 is 0 Å². The van der Waals surface area contributed by atoms with Gasteiger partial charge in [-0.05, 0) is 42.9 Å². The Morgan fingerprint density at radius 2 is 1.50 bits per heavy atom. The second-order valence-corrected chi connectivity index (χ2v) is 13.7. The molecule has 2 aromatic rings. The third-order valence-electron chi connectivity index (χ3n) is 5.20. The molecule has 0 spiro atoms. The van der Waals surface area contributed by atoms with Crippen molar-refractivity contribution < 1.29 is 18.8 Å². The number of carbonyl (C=O) groups excluding carboxylic acids is 2. The molecule has 1 amide bonds. The molecule has 1 atom stereocenters. The summed E-state index contributed by atoms with van der Waals surface area (Å²) in [6.07, 6.45) is 0. The van der Waals surface area contributed by atoms with Crippen molar-refractivity contribution in [3.8, 4) is 0 Å². The monoisotopic (exact) mass is 474 g/mol. The highest BCUT2D eigenvalue weighted by atomic mass is 35.5. The number of hydrogen-bond donors (Lipinski definition) is 0. The summed E-state index contributed by atoms with van der Waals surface area (Å²) in [5.41, 5.74) is 2.38. The van der Waals surface area contributed by atoms with Gasteiger partial charge in [-0.1, -0.05) is 54.1 Å². The maximum atomic E-state index is 12.5. The fraction of sp³-hybridized carbons (Fsp3) is 0.417. The number of ether oxygens (including phenoxy) is 1. The van der Waals surface area contributed by atoms with Gasteiger partial charge in [-0.3, -0.25) is 14.5 Å². The molecule has 0 saturated carbocycles. The van der Waals surface area contributed by atoms with Crippen molar-refractivity contribution in [1.82, 2.24) is 9.80 Å². The van der Waals surface area contributed by atoms with Gasteiger partial charge < -0.3 is 14.1 Å². The average molecular weight is 475 g/mol. The Morgan fingerprint density at radius 1 is 0.906 bits per heavy atom. The lowest BCUT2D eigenvalue weighted by Crippen LogP contribution is -2.50. The molecule has 1 aliphatic heterocycles. The fourth-order valence-corrected chi connectivity index (χ4v) is 4.68. The van der Waals surface area contributed by atoms with E-state index < -0.39 is 14.3 Å². The van der Waals surface area contributed by atoms with Crippen molar-refractivity contribution in [3.05, 3.63) is 70.7 Å². The normalized spacial score (nSPS) is 15.9. The molecule has 0 radical (unpaired) electrons. The maximum Gasteiger partial charge on any atom is 0.318 e. The van der Waals surface area contributed by atoms with Gasteiger partial charge in [-0.2, -0.15) is 0 Å². The van der Waals surface area contributed by atoms with E-state index in [1.54, 1.807) is 4.90 Å². The minimum absolute atomic E-state index is 0.0957. The van der Waals surface area contributed by atoms with Gasteiger partial charge in [0.05, 0.1) is 6.04 Å². The second kappa shape index (κ2) is 11.1. The number of rotatable bonds is 8. The van der Waals surface area contributed by atoms with Crippen molar-refractivity contribution in [2.75, 3.05) is 39.4 Å². The summed E-state index contributed by atoms with van der Waals surface area (Å²) in [4.78, 5) is 28.5. The Kier molecular flexibility index (Phi) is 8.48. The summed E-state index contributed by atoms with van der Waals surface area (Å²) < 4.78 is 10.6. The molecule has 172 valence electrons. The van der Waals surface area contributed by atoms with E-state index in [1.807, 2.05) is 50.0 Å². The number of nitrogens with zero attached hydrogens (tertiary/aromatic N) is 2. The summed E-state index contributed by atoms with van der Waals surface area (Å²) >= 11 is 6.10. The Morgan fingerprint density at radius 3 is 2.09 bits per heavy atom. The Balaban J connectivity index is 1.56. The van der Waals surface area contributed by atoms with Crippen molar-refractivity contribution in [1.29, 1.82) is 0 Å². The molecule has 1 fully saturated rings. The van der Waals surface area contributed by atoms with Crippen molar-refractivity contribution in [3.63, 3.8) is 0 Å². The van der Waals surface area contributed by atoms with Crippen LogP contribution in [-0.4, -0.2) is 69.4 Å². The lowest BCUT2D eigenvalue weighted by atomic mass is 9.96. The van der Waals surface area contributed by atoms with Gasteiger partial charge in [-0.25, -0.2) is 0 Å². The molecule has 1 saturated heterocycles. The summed E-state index contributed by atoms with van der Waals surface area (Å²) in [6, 6.07) is 18.4. The van der Waals surface area contributed by atoms with E-state index in [-0.39, 0.29) is 25.2 Å². The molecule has 6 nitrogen and oxygen atoms in total. The number of piperazine rings is 1. The number of hydrogen-bond acceptors (Lipinski definition) is 5. The van der Waals surface area contributed by atoms with Gasteiger partial charge in [0.25, 0.3) is 0 Å². The third-order valence-corrected chi connectivity index (χ3v) is 6.29. The van der Waals surface area contributed by atoms with Gasteiger partial charge >= 0.3 is 5.97 Å². The van der Waals surface area contributed by atoms with E-state index in [9.17, 15) is 9.59 Å². The first-order chi connectivity index (χ1) is 15.2. The van der Waals surface area contributed by atoms with E-state index in [2.05, 4.69) is 29.2 Å². The second-order valence-electron chi connectivity index (χ2n) is 8.86. The summed E-state index contributed by atoms with van der Waals surface area (Å²) in [7, 11) is -1.95.